The van der Waals surface area contributed by atoms with E-state index in [1.54, 1.807) is 18.4 Å². The molecular formula is C22H24N4OS. The second-order valence-corrected chi connectivity index (χ2v) is 8.44. The van der Waals surface area contributed by atoms with Crippen LogP contribution in [-0.2, 0) is 6.42 Å². The molecule has 0 N–H and O–H groups in total. The fourth-order valence-corrected chi connectivity index (χ4v) is 4.22. The zero-order chi connectivity index (χ0) is 19.7. The highest BCUT2D eigenvalue weighted by atomic mass is 32.1. The molecule has 0 radical (unpaired) electrons. The monoisotopic (exact) mass is 392 g/mol. The number of benzene rings is 2. The molecule has 4 rings (SSSR count). The lowest BCUT2D eigenvalue weighted by Gasteiger charge is -2.10. The number of hydrogen-bond donors (Lipinski definition) is 0. The first kappa shape index (κ1) is 18.6. The van der Waals surface area contributed by atoms with E-state index in [0.717, 1.165) is 33.5 Å². The van der Waals surface area contributed by atoms with Gasteiger partial charge >= 0.3 is 0 Å². The maximum atomic E-state index is 5.32. The van der Waals surface area contributed by atoms with Crippen LogP contribution >= 0.6 is 11.3 Å². The Morgan fingerprint density at radius 3 is 2.54 bits per heavy atom. The van der Waals surface area contributed by atoms with Crippen molar-refractivity contribution in [2.45, 2.75) is 33.1 Å². The SMILES string of the molecule is COc1cccc(-c2nnc3sc(C(C)c4ccc(CC(C)C)cc4)nn23)c1. The van der Waals surface area contributed by atoms with Crippen LogP contribution in [0.3, 0.4) is 0 Å². The van der Waals surface area contributed by atoms with Crippen LogP contribution in [0.1, 0.15) is 42.8 Å². The molecule has 0 spiro atoms. The van der Waals surface area contributed by atoms with Gasteiger partial charge in [-0.25, -0.2) is 0 Å². The van der Waals surface area contributed by atoms with Gasteiger partial charge in [-0.3, -0.25) is 0 Å². The molecule has 5 nitrogen and oxygen atoms in total. The fraction of sp³-hybridized carbons (Fsp3) is 0.318. The number of fused-ring (bicyclic) bond motifs is 1. The molecular weight excluding hydrogens is 368 g/mol. The minimum Gasteiger partial charge on any atom is -0.497 e. The third-order valence-electron chi connectivity index (χ3n) is 4.83. The highest BCUT2D eigenvalue weighted by Gasteiger charge is 2.18. The lowest BCUT2D eigenvalue weighted by Crippen LogP contribution is -1.99. The summed E-state index contributed by atoms with van der Waals surface area (Å²) in [4.78, 5) is 0.802. The third-order valence-corrected chi connectivity index (χ3v) is 5.91. The van der Waals surface area contributed by atoms with E-state index in [2.05, 4.69) is 55.2 Å². The first-order valence-electron chi connectivity index (χ1n) is 9.50. The van der Waals surface area contributed by atoms with E-state index >= 15 is 0 Å². The number of ether oxygens (including phenoxy) is 1. The summed E-state index contributed by atoms with van der Waals surface area (Å²) in [6.07, 6.45) is 1.11. The molecule has 2 aromatic heterocycles. The molecule has 0 aliphatic rings. The van der Waals surface area contributed by atoms with Gasteiger partial charge in [-0.15, -0.1) is 10.2 Å². The third kappa shape index (κ3) is 3.64. The van der Waals surface area contributed by atoms with E-state index in [-0.39, 0.29) is 5.92 Å². The van der Waals surface area contributed by atoms with Crippen molar-refractivity contribution in [1.82, 2.24) is 19.8 Å². The summed E-state index contributed by atoms with van der Waals surface area (Å²) in [5, 5.41) is 14.5. The molecule has 0 bridgehead atoms. The Morgan fingerprint density at radius 1 is 1.04 bits per heavy atom. The molecule has 1 unspecified atom stereocenters. The van der Waals surface area contributed by atoms with Gasteiger partial charge in [-0.1, -0.05) is 68.5 Å². The number of hydrogen-bond acceptors (Lipinski definition) is 5. The van der Waals surface area contributed by atoms with Gasteiger partial charge in [0.1, 0.15) is 10.8 Å². The quantitative estimate of drug-likeness (QED) is 0.452. The largest absolute Gasteiger partial charge is 0.497 e. The van der Waals surface area contributed by atoms with Crippen LogP contribution in [0.4, 0.5) is 0 Å². The van der Waals surface area contributed by atoms with Crippen LogP contribution in [-0.4, -0.2) is 26.9 Å². The van der Waals surface area contributed by atoms with Crippen molar-refractivity contribution in [3.05, 3.63) is 64.7 Å². The number of methoxy groups -OCH3 is 1. The van der Waals surface area contributed by atoms with Crippen molar-refractivity contribution in [2.24, 2.45) is 5.92 Å². The molecule has 0 saturated heterocycles. The summed E-state index contributed by atoms with van der Waals surface area (Å²) in [5.41, 5.74) is 3.58. The number of nitrogens with zero attached hydrogens (tertiary/aromatic N) is 4. The summed E-state index contributed by atoms with van der Waals surface area (Å²) >= 11 is 1.59. The van der Waals surface area contributed by atoms with Crippen molar-refractivity contribution < 1.29 is 4.74 Å². The first-order chi connectivity index (χ1) is 13.5. The van der Waals surface area contributed by atoms with Crippen LogP contribution in [0.2, 0.25) is 0 Å². The van der Waals surface area contributed by atoms with Crippen LogP contribution < -0.4 is 4.74 Å². The average Bonchev–Trinajstić information content (AvgIpc) is 3.28. The lowest BCUT2D eigenvalue weighted by molar-refractivity contribution is 0.415. The molecule has 28 heavy (non-hydrogen) atoms. The zero-order valence-electron chi connectivity index (χ0n) is 16.6. The summed E-state index contributed by atoms with van der Waals surface area (Å²) in [7, 11) is 1.66. The Kier molecular flexibility index (Phi) is 5.13. The van der Waals surface area contributed by atoms with E-state index in [1.165, 1.54) is 11.1 Å². The highest BCUT2D eigenvalue weighted by molar-refractivity contribution is 7.16. The molecule has 6 heteroatoms. The smallest absolute Gasteiger partial charge is 0.234 e. The maximum Gasteiger partial charge on any atom is 0.234 e. The molecule has 2 aromatic carbocycles. The second-order valence-electron chi connectivity index (χ2n) is 7.45. The molecule has 4 aromatic rings. The van der Waals surface area contributed by atoms with Gasteiger partial charge in [0.15, 0.2) is 5.82 Å². The fourth-order valence-electron chi connectivity index (χ4n) is 3.31. The zero-order valence-corrected chi connectivity index (χ0v) is 17.4. The van der Waals surface area contributed by atoms with Crippen molar-refractivity contribution in [2.75, 3.05) is 7.11 Å². The summed E-state index contributed by atoms with van der Waals surface area (Å²) in [6.45, 7) is 6.68. The topological polar surface area (TPSA) is 52.3 Å². The Morgan fingerprint density at radius 2 is 1.82 bits per heavy atom. The standard InChI is InChI=1S/C22H24N4OS/c1-14(2)12-16-8-10-17(11-9-16)15(3)21-25-26-20(23-24-22(26)28-21)18-6-5-7-19(13-18)27-4/h5-11,13-15H,12H2,1-4H3. The summed E-state index contributed by atoms with van der Waals surface area (Å²) < 4.78 is 7.16. The predicted octanol–water partition coefficient (Wildman–Crippen LogP) is 5.21. The van der Waals surface area contributed by atoms with Gasteiger partial charge in [-0.05, 0) is 35.6 Å². The normalized spacial score (nSPS) is 12.6. The minimum atomic E-state index is 0.206. The van der Waals surface area contributed by atoms with E-state index < -0.39 is 0 Å². The highest BCUT2D eigenvalue weighted by Crippen LogP contribution is 2.30. The maximum absolute atomic E-state index is 5.32. The molecule has 2 heterocycles. The van der Waals surface area contributed by atoms with E-state index in [0.29, 0.717) is 5.92 Å². The Hall–Kier alpha value is -2.73. The molecule has 0 aliphatic heterocycles. The van der Waals surface area contributed by atoms with Gasteiger partial charge in [0.05, 0.1) is 7.11 Å². The van der Waals surface area contributed by atoms with E-state index in [9.17, 15) is 0 Å². The average molecular weight is 393 g/mol. The molecule has 1 atom stereocenters. The molecule has 144 valence electrons. The molecule has 0 fully saturated rings. The molecule has 0 saturated carbocycles. The molecule has 0 amide bonds. The summed E-state index contributed by atoms with van der Waals surface area (Å²) in [5.74, 6) is 2.39. The van der Waals surface area contributed by atoms with Crippen molar-refractivity contribution in [3.8, 4) is 17.1 Å². The minimum absolute atomic E-state index is 0.206. The van der Waals surface area contributed by atoms with Crippen molar-refractivity contribution in [1.29, 1.82) is 0 Å². The predicted molar refractivity (Wildman–Crippen MR) is 113 cm³/mol. The van der Waals surface area contributed by atoms with Crippen LogP contribution in [0, 0.1) is 5.92 Å². The van der Waals surface area contributed by atoms with Crippen molar-refractivity contribution in [3.63, 3.8) is 0 Å². The van der Waals surface area contributed by atoms with Gasteiger partial charge < -0.3 is 4.74 Å². The van der Waals surface area contributed by atoms with Gasteiger partial charge in [0.2, 0.25) is 4.96 Å². The first-order valence-corrected chi connectivity index (χ1v) is 10.3. The van der Waals surface area contributed by atoms with Crippen LogP contribution in [0.5, 0.6) is 5.75 Å². The Labute approximate surface area is 169 Å². The van der Waals surface area contributed by atoms with Gasteiger partial charge in [0, 0.05) is 11.5 Å². The van der Waals surface area contributed by atoms with Gasteiger partial charge in [0.25, 0.3) is 0 Å². The van der Waals surface area contributed by atoms with E-state index in [1.807, 2.05) is 28.8 Å². The lowest BCUT2D eigenvalue weighted by atomic mass is 9.97. The molecule has 0 aliphatic carbocycles. The number of rotatable bonds is 6. The van der Waals surface area contributed by atoms with Gasteiger partial charge in [-0.2, -0.15) is 9.61 Å². The van der Waals surface area contributed by atoms with Crippen LogP contribution in [0.15, 0.2) is 48.5 Å². The summed E-state index contributed by atoms with van der Waals surface area (Å²) in [6, 6.07) is 16.7. The Balaban J connectivity index is 1.64. The van der Waals surface area contributed by atoms with Crippen LogP contribution in [0.25, 0.3) is 16.3 Å². The van der Waals surface area contributed by atoms with E-state index in [4.69, 9.17) is 9.84 Å². The number of aromatic nitrogens is 4. The Bertz CT molecular complexity index is 1080. The second kappa shape index (κ2) is 7.72. The van der Waals surface area contributed by atoms with Crippen molar-refractivity contribution >= 4 is 16.3 Å².